The van der Waals surface area contributed by atoms with Crippen LogP contribution in [0.4, 0.5) is 0 Å². The van der Waals surface area contributed by atoms with E-state index >= 15 is 0 Å². The lowest BCUT2D eigenvalue weighted by Crippen LogP contribution is -2.34. The maximum absolute atomic E-state index is 14.3. The van der Waals surface area contributed by atoms with Crippen molar-refractivity contribution >= 4 is 7.60 Å². The molecule has 228 valence electrons. The Hall–Kier alpha value is -4.45. The number of rotatable bonds is 15. The molecule has 0 unspecified atom stereocenters. The SMILES string of the molecule is O=c1ccn(Cc2cn(C[C@H](OCc3ccccc3)[C@H](O)P(=O)(OCc3ccccc3)OCc3ccccc3)nn2)c(=O)[nH]1. The number of nitrogens with zero attached hydrogens (tertiary/aromatic N) is 4. The Morgan fingerprint density at radius 3 is 1.89 bits per heavy atom. The summed E-state index contributed by atoms with van der Waals surface area (Å²) in [5, 5.41) is 19.9. The number of aliphatic hydroxyl groups excluding tert-OH is 1. The van der Waals surface area contributed by atoms with E-state index in [0.29, 0.717) is 5.69 Å². The van der Waals surface area contributed by atoms with Crippen molar-refractivity contribution in [1.82, 2.24) is 24.5 Å². The summed E-state index contributed by atoms with van der Waals surface area (Å²) in [5.74, 6) is -1.70. The molecule has 0 spiro atoms. The number of aromatic amines is 1. The fourth-order valence-electron chi connectivity index (χ4n) is 4.31. The van der Waals surface area contributed by atoms with Crippen LogP contribution in [0, 0.1) is 0 Å². The van der Waals surface area contributed by atoms with Gasteiger partial charge in [0.25, 0.3) is 5.56 Å². The average Bonchev–Trinajstić information content (AvgIpc) is 3.50. The lowest BCUT2D eigenvalue weighted by Gasteiger charge is -2.29. The summed E-state index contributed by atoms with van der Waals surface area (Å²) in [7, 11) is -4.23. The highest BCUT2D eigenvalue weighted by atomic mass is 31.2. The number of benzene rings is 3. The Kier molecular flexibility index (Phi) is 10.4. The summed E-state index contributed by atoms with van der Waals surface area (Å²) in [5.41, 5.74) is 1.67. The Bertz CT molecular complexity index is 1730. The predicted octanol–water partition coefficient (Wildman–Crippen LogP) is 3.71. The minimum Gasteiger partial charge on any atom is -0.378 e. The van der Waals surface area contributed by atoms with Gasteiger partial charge in [0.05, 0.1) is 39.1 Å². The first kappa shape index (κ1) is 31.0. The van der Waals surface area contributed by atoms with E-state index in [1.165, 1.54) is 21.5 Å². The van der Waals surface area contributed by atoms with Gasteiger partial charge in [-0.25, -0.2) is 9.48 Å². The fraction of sp³-hybridized carbons (Fsp3) is 0.226. The molecule has 0 aliphatic carbocycles. The van der Waals surface area contributed by atoms with Gasteiger partial charge in [0.1, 0.15) is 11.8 Å². The molecule has 0 aliphatic heterocycles. The van der Waals surface area contributed by atoms with Crippen molar-refractivity contribution in [3.8, 4) is 0 Å². The van der Waals surface area contributed by atoms with Gasteiger partial charge in [-0.3, -0.25) is 18.9 Å². The van der Waals surface area contributed by atoms with Crippen LogP contribution >= 0.6 is 7.60 Å². The standard InChI is InChI=1S/C31H32N5O7P/c37-29-16-17-35(31(39)32-29)18-27-19-36(34-33-27)20-28(41-21-24-10-4-1-5-11-24)30(38)44(40,42-22-25-12-6-2-7-13-25)43-23-26-14-8-3-9-15-26/h1-17,19,28,30,38H,18,20-23H2,(H,32,37,39)/t28-,30+/m0/s1. The van der Waals surface area contributed by atoms with Crippen molar-refractivity contribution < 1.29 is 23.5 Å². The van der Waals surface area contributed by atoms with E-state index in [-0.39, 0.29) is 32.9 Å². The molecule has 0 saturated heterocycles. The first-order valence-electron chi connectivity index (χ1n) is 13.9. The minimum absolute atomic E-state index is 0.0482. The highest BCUT2D eigenvalue weighted by Gasteiger charge is 2.42. The van der Waals surface area contributed by atoms with E-state index in [1.807, 2.05) is 91.0 Å². The molecule has 5 aromatic rings. The number of ether oxygens (including phenoxy) is 1. The zero-order valence-corrected chi connectivity index (χ0v) is 24.6. The van der Waals surface area contributed by atoms with Crippen molar-refractivity contribution in [3.05, 3.63) is 153 Å². The fourth-order valence-corrected chi connectivity index (χ4v) is 5.94. The van der Waals surface area contributed by atoms with Crippen molar-refractivity contribution in [2.45, 2.75) is 44.9 Å². The third-order valence-corrected chi connectivity index (χ3v) is 8.61. The molecule has 2 N–H and O–H groups in total. The molecule has 5 rings (SSSR count). The van der Waals surface area contributed by atoms with Crippen LogP contribution in [-0.2, 0) is 51.3 Å². The van der Waals surface area contributed by atoms with Gasteiger partial charge in [-0.05, 0) is 16.7 Å². The van der Waals surface area contributed by atoms with E-state index in [0.717, 1.165) is 16.7 Å². The molecule has 0 amide bonds. The molecular formula is C31H32N5O7P. The van der Waals surface area contributed by atoms with Gasteiger partial charge < -0.3 is 18.9 Å². The summed E-state index contributed by atoms with van der Waals surface area (Å²) < 4.78 is 34.9. The molecule has 2 atom stereocenters. The van der Waals surface area contributed by atoms with Crippen LogP contribution in [0.15, 0.2) is 119 Å². The molecule has 0 radical (unpaired) electrons. The zero-order chi connectivity index (χ0) is 30.8. The highest BCUT2D eigenvalue weighted by molar-refractivity contribution is 7.54. The lowest BCUT2D eigenvalue weighted by molar-refractivity contribution is -0.0384. The first-order valence-corrected chi connectivity index (χ1v) is 15.5. The van der Waals surface area contributed by atoms with E-state index < -0.39 is 30.8 Å². The Morgan fingerprint density at radius 2 is 1.34 bits per heavy atom. The Balaban J connectivity index is 1.38. The van der Waals surface area contributed by atoms with Crippen LogP contribution in [0.3, 0.4) is 0 Å². The predicted molar refractivity (Wildman–Crippen MR) is 162 cm³/mol. The summed E-state index contributed by atoms with van der Waals surface area (Å²) in [6, 6.07) is 28.9. The first-order chi connectivity index (χ1) is 21.4. The van der Waals surface area contributed by atoms with Crippen molar-refractivity contribution in [2.75, 3.05) is 0 Å². The molecule has 12 nitrogen and oxygen atoms in total. The third kappa shape index (κ3) is 8.56. The second-order valence-corrected chi connectivity index (χ2v) is 12.1. The van der Waals surface area contributed by atoms with Crippen LogP contribution < -0.4 is 11.2 Å². The maximum Gasteiger partial charge on any atom is 0.362 e. The molecular weight excluding hydrogens is 585 g/mol. The van der Waals surface area contributed by atoms with Crippen LogP contribution in [0.1, 0.15) is 22.4 Å². The summed E-state index contributed by atoms with van der Waals surface area (Å²) in [6.45, 7) is -0.0245. The average molecular weight is 618 g/mol. The normalized spacial score (nSPS) is 13.0. The van der Waals surface area contributed by atoms with Gasteiger partial charge in [0, 0.05) is 12.3 Å². The number of aliphatic hydroxyl groups is 1. The zero-order valence-electron chi connectivity index (χ0n) is 23.7. The molecule has 0 saturated carbocycles. The van der Waals surface area contributed by atoms with Crippen molar-refractivity contribution in [2.24, 2.45) is 0 Å². The van der Waals surface area contributed by atoms with Crippen LogP contribution in [0.25, 0.3) is 0 Å². The number of hydrogen-bond acceptors (Lipinski definition) is 9. The summed E-state index contributed by atoms with van der Waals surface area (Å²) in [4.78, 5) is 25.7. The van der Waals surface area contributed by atoms with E-state index in [4.69, 9.17) is 13.8 Å². The van der Waals surface area contributed by atoms with Crippen LogP contribution in [0.5, 0.6) is 0 Å². The summed E-state index contributed by atoms with van der Waals surface area (Å²) in [6.07, 6.45) is 1.84. The van der Waals surface area contributed by atoms with E-state index in [2.05, 4.69) is 15.3 Å². The molecule has 2 heterocycles. The quantitative estimate of drug-likeness (QED) is 0.168. The van der Waals surface area contributed by atoms with E-state index in [9.17, 15) is 19.3 Å². The van der Waals surface area contributed by atoms with Gasteiger partial charge in [-0.1, -0.05) is 96.2 Å². The highest BCUT2D eigenvalue weighted by Crippen LogP contribution is 2.55. The molecule has 2 aromatic heterocycles. The van der Waals surface area contributed by atoms with Crippen molar-refractivity contribution in [1.29, 1.82) is 0 Å². The van der Waals surface area contributed by atoms with Crippen molar-refractivity contribution in [3.63, 3.8) is 0 Å². The Morgan fingerprint density at radius 1 is 0.795 bits per heavy atom. The summed E-state index contributed by atoms with van der Waals surface area (Å²) >= 11 is 0. The topological polar surface area (TPSA) is 151 Å². The Labute approximate surface area is 253 Å². The van der Waals surface area contributed by atoms with Crippen LogP contribution in [-0.4, -0.2) is 41.6 Å². The molecule has 44 heavy (non-hydrogen) atoms. The second kappa shape index (κ2) is 14.8. The van der Waals surface area contributed by atoms with Gasteiger partial charge in [0.2, 0.25) is 0 Å². The number of H-pyrrole nitrogens is 1. The molecule has 0 fully saturated rings. The van der Waals surface area contributed by atoms with E-state index in [1.54, 1.807) is 6.20 Å². The number of nitrogens with one attached hydrogen (secondary N) is 1. The smallest absolute Gasteiger partial charge is 0.362 e. The number of hydrogen-bond donors (Lipinski definition) is 2. The number of aromatic nitrogens is 5. The second-order valence-electron chi connectivity index (χ2n) is 9.98. The third-order valence-electron chi connectivity index (χ3n) is 6.65. The van der Waals surface area contributed by atoms with Gasteiger partial charge in [0.15, 0.2) is 5.85 Å². The van der Waals surface area contributed by atoms with Gasteiger partial charge in [-0.2, -0.15) is 0 Å². The van der Waals surface area contributed by atoms with Gasteiger partial charge in [-0.15, -0.1) is 5.10 Å². The van der Waals surface area contributed by atoms with Gasteiger partial charge >= 0.3 is 13.3 Å². The largest absolute Gasteiger partial charge is 0.378 e. The lowest BCUT2D eigenvalue weighted by atomic mass is 10.2. The maximum atomic E-state index is 14.3. The van der Waals surface area contributed by atoms with Crippen LogP contribution in [0.2, 0.25) is 0 Å². The molecule has 0 bridgehead atoms. The molecule has 0 aliphatic rings. The minimum atomic E-state index is -4.23. The molecule has 13 heteroatoms. The monoisotopic (exact) mass is 617 g/mol. The molecule has 3 aromatic carbocycles.